The first-order valence-electron chi connectivity index (χ1n) is 6.75. The molecule has 0 saturated heterocycles. The Labute approximate surface area is 129 Å². The van der Waals surface area contributed by atoms with Crippen LogP contribution in [0.4, 0.5) is 8.78 Å². The van der Waals surface area contributed by atoms with Crippen LogP contribution in [0.15, 0.2) is 41.3 Å². The Morgan fingerprint density at radius 1 is 1.00 bits per heavy atom. The molecule has 0 saturated carbocycles. The quantitative estimate of drug-likeness (QED) is 0.933. The highest BCUT2D eigenvalue weighted by atomic mass is 32.2. The van der Waals surface area contributed by atoms with E-state index in [0.717, 1.165) is 28.8 Å². The number of benzene rings is 2. The summed E-state index contributed by atoms with van der Waals surface area (Å²) < 4.78 is 53.2. The smallest absolute Gasteiger partial charge is 0.207 e. The van der Waals surface area contributed by atoms with Crippen molar-refractivity contribution in [2.75, 3.05) is 0 Å². The lowest BCUT2D eigenvalue weighted by Crippen LogP contribution is -2.27. The number of hydrogen-bond donors (Lipinski definition) is 1. The van der Waals surface area contributed by atoms with Crippen LogP contribution < -0.4 is 4.72 Å². The summed E-state index contributed by atoms with van der Waals surface area (Å²) in [5, 5.41) is 0. The molecule has 0 aliphatic heterocycles. The summed E-state index contributed by atoms with van der Waals surface area (Å²) >= 11 is 0. The zero-order valence-corrected chi connectivity index (χ0v) is 13.3. The third-order valence-corrected chi connectivity index (χ3v) is 4.97. The van der Waals surface area contributed by atoms with E-state index in [0.29, 0.717) is 6.07 Å². The van der Waals surface area contributed by atoms with Gasteiger partial charge in [-0.1, -0.05) is 23.8 Å². The zero-order chi connectivity index (χ0) is 16.5. The molecule has 2 rings (SSSR count). The molecule has 2 aromatic carbocycles. The Kier molecular flexibility index (Phi) is 4.63. The fourth-order valence-corrected chi connectivity index (χ4v) is 3.47. The van der Waals surface area contributed by atoms with E-state index in [1.165, 1.54) is 0 Å². The minimum Gasteiger partial charge on any atom is -0.207 e. The Hall–Kier alpha value is -1.79. The maximum absolute atomic E-state index is 13.2. The number of halogens is 2. The van der Waals surface area contributed by atoms with Crippen LogP contribution in [0.25, 0.3) is 0 Å². The van der Waals surface area contributed by atoms with E-state index in [1.807, 2.05) is 32.0 Å². The standard InChI is InChI=1S/C16H17F2NO2S/c1-10-4-5-11(2)14(8-10)12(3)19-22(20,21)13-6-7-15(17)16(18)9-13/h4-9,12,19H,1-3H3. The maximum Gasteiger partial charge on any atom is 0.241 e. The molecule has 0 fully saturated rings. The van der Waals surface area contributed by atoms with Crippen LogP contribution in [-0.2, 0) is 10.0 Å². The van der Waals surface area contributed by atoms with Gasteiger partial charge in [-0.2, -0.15) is 0 Å². The highest BCUT2D eigenvalue weighted by Crippen LogP contribution is 2.22. The van der Waals surface area contributed by atoms with Gasteiger partial charge < -0.3 is 0 Å². The predicted molar refractivity (Wildman–Crippen MR) is 81.0 cm³/mol. The van der Waals surface area contributed by atoms with Crippen LogP contribution in [0.1, 0.15) is 29.7 Å². The summed E-state index contributed by atoms with van der Waals surface area (Å²) in [5.41, 5.74) is 2.80. The normalized spacial score (nSPS) is 13.1. The molecule has 22 heavy (non-hydrogen) atoms. The van der Waals surface area contributed by atoms with Crippen molar-refractivity contribution >= 4 is 10.0 Å². The van der Waals surface area contributed by atoms with Crippen molar-refractivity contribution in [3.8, 4) is 0 Å². The fraction of sp³-hybridized carbons (Fsp3) is 0.250. The van der Waals surface area contributed by atoms with Crippen LogP contribution in [0.3, 0.4) is 0 Å². The molecule has 2 aromatic rings. The van der Waals surface area contributed by atoms with E-state index in [-0.39, 0.29) is 4.90 Å². The molecule has 0 aliphatic rings. The molecule has 0 heterocycles. The van der Waals surface area contributed by atoms with Gasteiger partial charge in [0, 0.05) is 6.04 Å². The third kappa shape index (κ3) is 3.51. The van der Waals surface area contributed by atoms with Crippen LogP contribution in [0, 0.1) is 25.5 Å². The highest BCUT2D eigenvalue weighted by Gasteiger charge is 2.20. The number of aryl methyl sites for hydroxylation is 2. The molecular weight excluding hydrogens is 308 g/mol. The molecule has 0 bridgehead atoms. The van der Waals surface area contributed by atoms with Crippen LogP contribution >= 0.6 is 0 Å². The van der Waals surface area contributed by atoms with E-state index in [9.17, 15) is 17.2 Å². The summed E-state index contributed by atoms with van der Waals surface area (Å²) in [6.45, 7) is 5.51. The lowest BCUT2D eigenvalue weighted by Gasteiger charge is -2.17. The minimum atomic E-state index is -3.93. The third-order valence-electron chi connectivity index (χ3n) is 3.43. The molecule has 0 amide bonds. The molecule has 6 heteroatoms. The van der Waals surface area contributed by atoms with Gasteiger partial charge in [0.25, 0.3) is 0 Å². The van der Waals surface area contributed by atoms with Crippen molar-refractivity contribution in [2.45, 2.75) is 31.7 Å². The molecule has 118 valence electrons. The van der Waals surface area contributed by atoms with Crippen molar-refractivity contribution in [3.63, 3.8) is 0 Å². The van der Waals surface area contributed by atoms with E-state index in [2.05, 4.69) is 4.72 Å². The maximum atomic E-state index is 13.2. The second-order valence-corrected chi connectivity index (χ2v) is 6.99. The largest absolute Gasteiger partial charge is 0.241 e. The van der Waals surface area contributed by atoms with Crippen LogP contribution in [-0.4, -0.2) is 8.42 Å². The Bertz CT molecular complexity index is 804. The lowest BCUT2D eigenvalue weighted by atomic mass is 10.0. The van der Waals surface area contributed by atoms with E-state index in [4.69, 9.17) is 0 Å². The molecule has 1 atom stereocenters. The number of sulfonamides is 1. The Balaban J connectivity index is 2.31. The van der Waals surface area contributed by atoms with Gasteiger partial charge in [0.05, 0.1) is 4.90 Å². The first kappa shape index (κ1) is 16.6. The van der Waals surface area contributed by atoms with Gasteiger partial charge in [0.2, 0.25) is 10.0 Å². The molecule has 1 unspecified atom stereocenters. The van der Waals surface area contributed by atoms with Crippen molar-refractivity contribution in [2.24, 2.45) is 0 Å². The summed E-state index contributed by atoms with van der Waals surface area (Å²) in [7, 11) is -3.93. The molecule has 3 nitrogen and oxygen atoms in total. The summed E-state index contributed by atoms with van der Waals surface area (Å²) in [5.74, 6) is -2.27. The number of nitrogens with one attached hydrogen (secondary N) is 1. The van der Waals surface area contributed by atoms with E-state index < -0.39 is 27.7 Å². The van der Waals surface area contributed by atoms with Crippen molar-refractivity contribution in [1.82, 2.24) is 4.72 Å². The van der Waals surface area contributed by atoms with Gasteiger partial charge in [-0.25, -0.2) is 21.9 Å². The van der Waals surface area contributed by atoms with Gasteiger partial charge in [0.15, 0.2) is 11.6 Å². The summed E-state index contributed by atoms with van der Waals surface area (Å²) in [4.78, 5) is -0.302. The molecular formula is C16H17F2NO2S. The Morgan fingerprint density at radius 3 is 2.32 bits per heavy atom. The molecule has 0 spiro atoms. The predicted octanol–water partition coefficient (Wildman–Crippen LogP) is 3.62. The second kappa shape index (κ2) is 6.14. The minimum absolute atomic E-state index is 0.302. The van der Waals surface area contributed by atoms with E-state index >= 15 is 0 Å². The summed E-state index contributed by atoms with van der Waals surface area (Å²) in [6, 6.07) is 7.77. The molecule has 0 radical (unpaired) electrons. The summed E-state index contributed by atoms with van der Waals surface area (Å²) in [6.07, 6.45) is 0. The highest BCUT2D eigenvalue weighted by molar-refractivity contribution is 7.89. The SMILES string of the molecule is Cc1ccc(C)c(C(C)NS(=O)(=O)c2ccc(F)c(F)c2)c1. The molecule has 0 aromatic heterocycles. The first-order chi connectivity index (χ1) is 10.2. The van der Waals surface area contributed by atoms with Crippen molar-refractivity contribution in [3.05, 3.63) is 64.7 Å². The van der Waals surface area contributed by atoms with Crippen molar-refractivity contribution in [1.29, 1.82) is 0 Å². The molecule has 1 N–H and O–H groups in total. The van der Waals surface area contributed by atoms with Gasteiger partial charge in [-0.05, 0) is 50.1 Å². The topological polar surface area (TPSA) is 46.2 Å². The van der Waals surface area contributed by atoms with Gasteiger partial charge in [0.1, 0.15) is 0 Å². The van der Waals surface area contributed by atoms with Crippen molar-refractivity contribution < 1.29 is 17.2 Å². The lowest BCUT2D eigenvalue weighted by molar-refractivity contribution is 0.503. The van der Waals surface area contributed by atoms with Crippen LogP contribution in [0.5, 0.6) is 0 Å². The molecule has 0 aliphatic carbocycles. The van der Waals surface area contributed by atoms with Gasteiger partial charge in [-0.3, -0.25) is 0 Å². The number of hydrogen-bond acceptors (Lipinski definition) is 2. The first-order valence-corrected chi connectivity index (χ1v) is 8.23. The van der Waals surface area contributed by atoms with Gasteiger partial charge >= 0.3 is 0 Å². The zero-order valence-electron chi connectivity index (χ0n) is 12.5. The Morgan fingerprint density at radius 2 is 1.68 bits per heavy atom. The number of rotatable bonds is 4. The second-order valence-electron chi connectivity index (χ2n) is 5.28. The fourth-order valence-electron chi connectivity index (χ4n) is 2.23. The van der Waals surface area contributed by atoms with Crippen LogP contribution in [0.2, 0.25) is 0 Å². The monoisotopic (exact) mass is 325 g/mol. The average molecular weight is 325 g/mol. The van der Waals surface area contributed by atoms with Gasteiger partial charge in [-0.15, -0.1) is 0 Å². The van der Waals surface area contributed by atoms with E-state index in [1.54, 1.807) is 6.92 Å². The average Bonchev–Trinajstić information content (AvgIpc) is 2.43.